The van der Waals surface area contributed by atoms with Gasteiger partial charge in [0.25, 0.3) is 0 Å². The zero-order valence-corrected chi connectivity index (χ0v) is 7.69. The summed E-state index contributed by atoms with van der Waals surface area (Å²) in [6.45, 7) is 3.51. The molecule has 1 heterocycles. The molecule has 0 aliphatic rings. The van der Waals surface area contributed by atoms with Crippen LogP contribution >= 0.6 is 0 Å². The van der Waals surface area contributed by atoms with Gasteiger partial charge in [0.15, 0.2) is 0 Å². The van der Waals surface area contributed by atoms with Crippen molar-refractivity contribution in [1.29, 1.82) is 0 Å². The fourth-order valence-electron chi connectivity index (χ4n) is 0.992. The van der Waals surface area contributed by atoms with Crippen molar-refractivity contribution >= 4 is 5.97 Å². The zero-order chi connectivity index (χ0) is 10.1. The van der Waals surface area contributed by atoms with Crippen molar-refractivity contribution in [3.63, 3.8) is 0 Å². The van der Waals surface area contributed by atoms with Crippen LogP contribution in [0, 0.1) is 6.92 Å². The highest BCUT2D eigenvalue weighted by molar-refractivity contribution is 5.77. The number of carbonyl (C=O) groups is 1. The van der Waals surface area contributed by atoms with Gasteiger partial charge in [0.1, 0.15) is 11.4 Å². The minimum atomic E-state index is -1.24. The van der Waals surface area contributed by atoms with Crippen molar-refractivity contribution in [2.75, 3.05) is 0 Å². The molecule has 0 spiro atoms. The number of aromatic nitrogens is 2. The van der Waals surface area contributed by atoms with Gasteiger partial charge in [-0.25, -0.2) is 4.98 Å². The number of carboxylic acids is 1. The molecule has 1 unspecified atom stereocenters. The zero-order valence-electron chi connectivity index (χ0n) is 7.69. The molecular formula is C8H13N3O2. The van der Waals surface area contributed by atoms with Crippen molar-refractivity contribution < 1.29 is 9.90 Å². The second-order valence-electron chi connectivity index (χ2n) is 3.32. The minimum Gasteiger partial charge on any atom is -0.480 e. The summed E-state index contributed by atoms with van der Waals surface area (Å²) < 4.78 is 1.72. The number of imidazole rings is 1. The van der Waals surface area contributed by atoms with E-state index in [0.717, 1.165) is 5.82 Å². The molecule has 1 rings (SSSR count). The molecule has 0 aliphatic carbocycles. The summed E-state index contributed by atoms with van der Waals surface area (Å²) in [7, 11) is 0. The summed E-state index contributed by atoms with van der Waals surface area (Å²) in [5, 5.41) is 8.77. The van der Waals surface area contributed by atoms with Crippen LogP contribution in [0.2, 0.25) is 0 Å². The van der Waals surface area contributed by atoms with Crippen LogP contribution in [-0.2, 0) is 11.3 Å². The Hall–Kier alpha value is -1.36. The Morgan fingerprint density at radius 3 is 2.85 bits per heavy atom. The maximum absolute atomic E-state index is 10.7. The number of nitrogens with zero attached hydrogens (tertiary/aromatic N) is 2. The first-order valence-corrected chi connectivity index (χ1v) is 3.93. The maximum atomic E-state index is 10.7. The van der Waals surface area contributed by atoms with Crippen LogP contribution in [0.25, 0.3) is 0 Å². The smallest absolute Gasteiger partial charge is 0.325 e. The highest BCUT2D eigenvalue weighted by Crippen LogP contribution is 2.06. The molecule has 0 saturated heterocycles. The summed E-state index contributed by atoms with van der Waals surface area (Å²) >= 11 is 0. The van der Waals surface area contributed by atoms with Gasteiger partial charge in [0.05, 0.1) is 6.54 Å². The Morgan fingerprint density at radius 2 is 2.46 bits per heavy atom. The van der Waals surface area contributed by atoms with Crippen LogP contribution in [0.15, 0.2) is 12.4 Å². The van der Waals surface area contributed by atoms with E-state index in [0.29, 0.717) is 0 Å². The van der Waals surface area contributed by atoms with Crippen molar-refractivity contribution in [1.82, 2.24) is 9.55 Å². The van der Waals surface area contributed by atoms with Gasteiger partial charge in [0, 0.05) is 12.4 Å². The Labute approximate surface area is 76.2 Å². The predicted octanol–water partition coefficient (Wildman–Crippen LogP) is -0.00648. The Bertz CT molecular complexity index is 317. The summed E-state index contributed by atoms with van der Waals surface area (Å²) in [4.78, 5) is 14.7. The second-order valence-corrected chi connectivity index (χ2v) is 3.32. The Balaban J connectivity index is 2.80. The quantitative estimate of drug-likeness (QED) is 0.690. The van der Waals surface area contributed by atoms with Crippen LogP contribution in [0.3, 0.4) is 0 Å². The molecule has 5 heteroatoms. The third-order valence-electron chi connectivity index (χ3n) is 1.91. The van der Waals surface area contributed by atoms with Gasteiger partial charge in [-0.15, -0.1) is 0 Å². The lowest BCUT2D eigenvalue weighted by molar-refractivity contribution is -0.143. The lowest BCUT2D eigenvalue weighted by atomic mass is 10.1. The first-order valence-electron chi connectivity index (χ1n) is 3.93. The van der Waals surface area contributed by atoms with E-state index in [1.807, 2.05) is 0 Å². The van der Waals surface area contributed by atoms with Gasteiger partial charge in [-0.3, -0.25) is 4.79 Å². The van der Waals surface area contributed by atoms with Crippen LogP contribution in [-0.4, -0.2) is 26.2 Å². The van der Waals surface area contributed by atoms with Crippen molar-refractivity contribution in [3.05, 3.63) is 18.2 Å². The number of carboxylic acid groups (broad SMARTS) is 1. The van der Waals surface area contributed by atoms with Gasteiger partial charge < -0.3 is 15.4 Å². The molecule has 3 N–H and O–H groups in total. The molecule has 5 nitrogen and oxygen atoms in total. The third-order valence-corrected chi connectivity index (χ3v) is 1.91. The van der Waals surface area contributed by atoms with Crippen LogP contribution in [0.1, 0.15) is 12.7 Å². The van der Waals surface area contributed by atoms with Gasteiger partial charge in [-0.1, -0.05) is 0 Å². The Kier molecular flexibility index (Phi) is 2.38. The summed E-state index contributed by atoms with van der Waals surface area (Å²) in [6, 6.07) is 0. The minimum absolute atomic E-state index is 0.230. The lowest BCUT2D eigenvalue weighted by Gasteiger charge is -2.20. The SMILES string of the molecule is Cc1nccn1CC(C)(N)C(=O)O. The van der Waals surface area contributed by atoms with Crippen molar-refractivity contribution in [2.24, 2.45) is 5.73 Å². The van der Waals surface area contributed by atoms with Gasteiger partial charge >= 0.3 is 5.97 Å². The van der Waals surface area contributed by atoms with Crippen LogP contribution < -0.4 is 5.73 Å². The number of aryl methyl sites for hydroxylation is 1. The number of hydrogen-bond donors (Lipinski definition) is 2. The molecule has 1 aromatic rings. The number of hydrogen-bond acceptors (Lipinski definition) is 3. The second kappa shape index (κ2) is 3.18. The standard InChI is InChI=1S/C8H13N3O2/c1-6-10-3-4-11(6)5-8(2,9)7(12)13/h3-4H,5,9H2,1-2H3,(H,12,13). The molecule has 1 atom stereocenters. The molecule has 0 aliphatic heterocycles. The average molecular weight is 183 g/mol. The fraction of sp³-hybridized carbons (Fsp3) is 0.500. The molecule has 0 bridgehead atoms. The summed E-state index contributed by atoms with van der Waals surface area (Å²) in [5.74, 6) is -0.251. The highest BCUT2D eigenvalue weighted by Gasteiger charge is 2.28. The lowest BCUT2D eigenvalue weighted by Crippen LogP contribution is -2.48. The van der Waals surface area contributed by atoms with Crippen LogP contribution in [0.5, 0.6) is 0 Å². The molecule has 0 amide bonds. The van der Waals surface area contributed by atoms with E-state index in [1.54, 1.807) is 23.9 Å². The molecule has 0 saturated carbocycles. The number of aliphatic carboxylic acids is 1. The van der Waals surface area contributed by atoms with E-state index in [9.17, 15) is 4.79 Å². The van der Waals surface area contributed by atoms with Gasteiger partial charge in [0.2, 0.25) is 0 Å². The topological polar surface area (TPSA) is 81.1 Å². The molecule has 0 fully saturated rings. The molecular weight excluding hydrogens is 170 g/mol. The van der Waals surface area contributed by atoms with Gasteiger partial charge in [-0.2, -0.15) is 0 Å². The largest absolute Gasteiger partial charge is 0.480 e. The van der Waals surface area contributed by atoms with Crippen molar-refractivity contribution in [3.8, 4) is 0 Å². The van der Waals surface area contributed by atoms with E-state index in [2.05, 4.69) is 4.98 Å². The number of rotatable bonds is 3. The molecule has 72 valence electrons. The van der Waals surface area contributed by atoms with E-state index >= 15 is 0 Å². The number of nitrogens with two attached hydrogens (primary N) is 1. The van der Waals surface area contributed by atoms with Crippen molar-refractivity contribution in [2.45, 2.75) is 25.9 Å². The molecule has 1 aromatic heterocycles. The first kappa shape index (κ1) is 9.73. The maximum Gasteiger partial charge on any atom is 0.325 e. The van der Waals surface area contributed by atoms with E-state index in [-0.39, 0.29) is 6.54 Å². The van der Waals surface area contributed by atoms with E-state index in [1.165, 1.54) is 6.92 Å². The Morgan fingerprint density at radius 1 is 1.85 bits per heavy atom. The summed E-state index contributed by atoms with van der Waals surface area (Å²) in [5.41, 5.74) is 4.33. The third kappa shape index (κ3) is 2.06. The van der Waals surface area contributed by atoms with E-state index in [4.69, 9.17) is 10.8 Å². The average Bonchev–Trinajstić information content (AvgIpc) is 2.35. The molecule has 0 aromatic carbocycles. The summed E-state index contributed by atoms with van der Waals surface area (Å²) in [6.07, 6.45) is 3.33. The highest BCUT2D eigenvalue weighted by atomic mass is 16.4. The van der Waals surface area contributed by atoms with Gasteiger partial charge in [-0.05, 0) is 13.8 Å². The fourth-order valence-corrected chi connectivity index (χ4v) is 0.992. The van der Waals surface area contributed by atoms with E-state index < -0.39 is 11.5 Å². The molecule has 13 heavy (non-hydrogen) atoms. The molecule has 0 radical (unpaired) electrons. The monoisotopic (exact) mass is 183 g/mol. The first-order chi connectivity index (χ1) is 5.93. The van der Waals surface area contributed by atoms with Crippen LogP contribution in [0.4, 0.5) is 0 Å². The predicted molar refractivity (Wildman–Crippen MR) is 47.2 cm³/mol. The normalized spacial score (nSPS) is 15.3.